The van der Waals surface area contributed by atoms with Crippen molar-refractivity contribution in [3.63, 3.8) is 0 Å². The molecule has 1 saturated heterocycles. The SMILES string of the molecule is CCCCCCCCCCCCCCCCCCOCC(COP(=O)(O)OC[C@]1(C)CC[C@H](c2ccc3c(N)ncnn23)O1)Oc1cccc(C#N)n1. The molecular formula is C39H61N6O7P. The van der Waals surface area contributed by atoms with Gasteiger partial charge in [0, 0.05) is 12.7 Å². The number of anilines is 1. The van der Waals surface area contributed by atoms with Crippen LogP contribution in [0, 0.1) is 11.3 Å². The van der Waals surface area contributed by atoms with Gasteiger partial charge in [-0.05, 0) is 44.4 Å². The molecule has 1 aliphatic rings. The van der Waals surface area contributed by atoms with Crippen molar-refractivity contribution in [3.8, 4) is 11.9 Å². The summed E-state index contributed by atoms with van der Waals surface area (Å²) in [5.41, 5.74) is 6.84. The van der Waals surface area contributed by atoms with Crippen molar-refractivity contribution in [3.05, 3.63) is 48.0 Å². The predicted octanol–water partition coefficient (Wildman–Crippen LogP) is 9.05. The zero-order valence-electron chi connectivity index (χ0n) is 31.8. The molecule has 1 fully saturated rings. The van der Waals surface area contributed by atoms with Gasteiger partial charge in [0.15, 0.2) is 5.82 Å². The Bertz CT molecular complexity index is 1590. The van der Waals surface area contributed by atoms with Gasteiger partial charge in [-0.3, -0.25) is 9.05 Å². The third kappa shape index (κ3) is 15.3. The Hall–Kier alpha value is -3.11. The summed E-state index contributed by atoms with van der Waals surface area (Å²) in [5, 5.41) is 13.5. The molecule has 13 nitrogen and oxygen atoms in total. The lowest BCUT2D eigenvalue weighted by Crippen LogP contribution is -2.31. The van der Waals surface area contributed by atoms with Crippen molar-refractivity contribution in [1.29, 1.82) is 5.26 Å². The number of phosphoric acid groups is 1. The minimum absolute atomic E-state index is 0.110. The summed E-state index contributed by atoms with van der Waals surface area (Å²) in [6, 6.07) is 10.6. The Balaban J connectivity index is 1.13. The molecule has 3 aromatic rings. The number of fused-ring (bicyclic) bond motifs is 1. The smallest absolute Gasteiger partial charge is 0.469 e. The number of aromatic nitrogens is 4. The van der Waals surface area contributed by atoms with E-state index >= 15 is 0 Å². The topological polar surface area (TPSA) is 176 Å². The van der Waals surface area contributed by atoms with Crippen molar-refractivity contribution in [1.82, 2.24) is 19.6 Å². The van der Waals surface area contributed by atoms with Crippen LogP contribution in [0.1, 0.15) is 147 Å². The molecule has 3 aromatic heterocycles. The summed E-state index contributed by atoms with van der Waals surface area (Å²) < 4.78 is 43.6. The van der Waals surface area contributed by atoms with E-state index in [1.165, 1.54) is 96.2 Å². The molecule has 4 atom stereocenters. The molecule has 0 amide bonds. The normalized spacial score (nSPS) is 18.9. The quantitative estimate of drug-likeness (QED) is 0.0532. The number of nitrogens with zero attached hydrogens (tertiary/aromatic N) is 5. The summed E-state index contributed by atoms with van der Waals surface area (Å²) in [4.78, 5) is 18.8. The highest BCUT2D eigenvalue weighted by molar-refractivity contribution is 7.47. The molecule has 0 aromatic carbocycles. The molecule has 14 heteroatoms. The first-order valence-electron chi connectivity index (χ1n) is 19.7. The van der Waals surface area contributed by atoms with Gasteiger partial charge < -0.3 is 24.8 Å². The Morgan fingerprint density at radius 3 is 2.30 bits per heavy atom. The second-order valence-corrected chi connectivity index (χ2v) is 15.9. The average molecular weight is 757 g/mol. The van der Waals surface area contributed by atoms with Crippen molar-refractivity contribution in [2.45, 2.75) is 147 Å². The zero-order valence-corrected chi connectivity index (χ0v) is 32.7. The lowest BCUT2D eigenvalue weighted by atomic mass is 10.0. The molecule has 53 heavy (non-hydrogen) atoms. The lowest BCUT2D eigenvalue weighted by molar-refractivity contribution is -0.0652. The van der Waals surface area contributed by atoms with E-state index in [4.69, 9.17) is 29.0 Å². The number of phosphoric ester groups is 1. The molecular weight excluding hydrogens is 695 g/mol. The molecule has 0 aliphatic carbocycles. The van der Waals surface area contributed by atoms with Gasteiger partial charge in [-0.25, -0.2) is 19.0 Å². The number of nitriles is 1. The third-order valence-corrected chi connectivity index (χ3v) is 10.7. The van der Waals surface area contributed by atoms with Crippen LogP contribution in [-0.4, -0.2) is 62.6 Å². The number of rotatable bonds is 28. The highest BCUT2D eigenvalue weighted by Gasteiger charge is 2.40. The summed E-state index contributed by atoms with van der Waals surface area (Å²) in [7, 11) is -4.50. The number of ether oxygens (including phenoxy) is 3. The molecule has 0 saturated carbocycles. The maximum Gasteiger partial charge on any atom is 0.472 e. The maximum absolute atomic E-state index is 13.0. The van der Waals surface area contributed by atoms with E-state index < -0.39 is 19.5 Å². The fourth-order valence-corrected chi connectivity index (χ4v) is 7.52. The Labute approximate surface area is 315 Å². The van der Waals surface area contributed by atoms with E-state index in [0.29, 0.717) is 30.8 Å². The Kier molecular flexibility index (Phi) is 18.5. The van der Waals surface area contributed by atoms with Crippen LogP contribution in [0.15, 0.2) is 36.7 Å². The standard InChI is InChI=1S/C39H61N6O7P/c1-3-4-5-6-7-8-9-10-11-12-13-14-15-16-17-18-26-48-28-33(51-37-21-19-20-32(27-40)44-37)29-49-53(46,47)50-30-39(2)25-24-36(52-39)34-22-23-35-38(41)42-31-43-45(34)35/h19-23,31,33,36H,3-18,24-26,28-30H2,1-2H3,(H,46,47)(H2,41,42,43)/t33?,36-,39+/m1/s1. The number of nitrogen functional groups attached to an aromatic ring is 1. The van der Waals surface area contributed by atoms with Crippen LogP contribution in [0.3, 0.4) is 0 Å². The van der Waals surface area contributed by atoms with Crippen LogP contribution in [0.2, 0.25) is 0 Å². The van der Waals surface area contributed by atoms with Gasteiger partial charge in [0.05, 0.1) is 31.1 Å². The summed E-state index contributed by atoms with van der Waals surface area (Å²) in [5.74, 6) is 0.565. The van der Waals surface area contributed by atoms with Gasteiger partial charge in [-0.2, -0.15) is 10.4 Å². The number of unbranched alkanes of at least 4 members (excludes halogenated alkanes) is 15. The number of hydrogen-bond acceptors (Lipinski definition) is 11. The largest absolute Gasteiger partial charge is 0.472 e. The van der Waals surface area contributed by atoms with Crippen molar-refractivity contribution >= 4 is 19.2 Å². The third-order valence-electron chi connectivity index (χ3n) is 9.73. The maximum atomic E-state index is 13.0. The lowest BCUT2D eigenvalue weighted by Gasteiger charge is -2.26. The molecule has 2 unspecified atom stereocenters. The number of pyridine rings is 1. The fraction of sp³-hybridized carbons (Fsp3) is 0.692. The van der Waals surface area contributed by atoms with Gasteiger partial charge in [0.1, 0.15) is 35.8 Å². The molecule has 4 heterocycles. The van der Waals surface area contributed by atoms with E-state index in [9.17, 15) is 14.7 Å². The van der Waals surface area contributed by atoms with Crippen LogP contribution in [0.5, 0.6) is 5.88 Å². The second kappa shape index (κ2) is 23.0. The fourth-order valence-electron chi connectivity index (χ4n) is 6.66. The molecule has 1 aliphatic heterocycles. The molecule has 294 valence electrons. The summed E-state index contributed by atoms with van der Waals surface area (Å²) in [6.07, 6.45) is 22.3. The minimum atomic E-state index is -4.50. The van der Waals surface area contributed by atoms with E-state index in [1.807, 2.05) is 25.1 Å². The monoisotopic (exact) mass is 756 g/mol. The van der Waals surface area contributed by atoms with Gasteiger partial charge in [-0.1, -0.05) is 109 Å². The zero-order chi connectivity index (χ0) is 37.8. The van der Waals surface area contributed by atoms with Gasteiger partial charge >= 0.3 is 7.82 Å². The molecule has 0 spiro atoms. The van der Waals surface area contributed by atoms with E-state index in [0.717, 1.165) is 18.5 Å². The minimum Gasteiger partial charge on any atom is -0.469 e. The Morgan fingerprint density at radius 2 is 1.64 bits per heavy atom. The van der Waals surface area contributed by atoms with Crippen molar-refractivity contribution < 1.29 is 32.7 Å². The van der Waals surface area contributed by atoms with Crippen LogP contribution in [0.4, 0.5) is 5.82 Å². The first-order valence-corrected chi connectivity index (χ1v) is 21.2. The highest BCUT2D eigenvalue weighted by atomic mass is 31.2. The molecule has 0 radical (unpaired) electrons. The van der Waals surface area contributed by atoms with Crippen LogP contribution >= 0.6 is 7.82 Å². The average Bonchev–Trinajstić information content (AvgIpc) is 3.77. The van der Waals surface area contributed by atoms with E-state index in [2.05, 4.69) is 22.0 Å². The second-order valence-electron chi connectivity index (χ2n) is 14.4. The summed E-state index contributed by atoms with van der Waals surface area (Å²) in [6.45, 7) is 4.29. The van der Waals surface area contributed by atoms with Gasteiger partial charge in [0.2, 0.25) is 5.88 Å². The van der Waals surface area contributed by atoms with Crippen LogP contribution in [-0.2, 0) is 23.1 Å². The van der Waals surface area contributed by atoms with E-state index in [1.54, 1.807) is 22.7 Å². The van der Waals surface area contributed by atoms with E-state index in [-0.39, 0.29) is 37.5 Å². The summed E-state index contributed by atoms with van der Waals surface area (Å²) >= 11 is 0. The van der Waals surface area contributed by atoms with Crippen molar-refractivity contribution in [2.75, 3.05) is 32.2 Å². The van der Waals surface area contributed by atoms with Gasteiger partial charge in [-0.15, -0.1) is 0 Å². The number of nitrogens with two attached hydrogens (primary N) is 1. The molecule has 4 rings (SSSR count). The molecule has 3 N–H and O–H groups in total. The van der Waals surface area contributed by atoms with Crippen molar-refractivity contribution in [2.24, 2.45) is 0 Å². The van der Waals surface area contributed by atoms with Gasteiger partial charge in [0.25, 0.3) is 0 Å². The predicted molar refractivity (Wildman–Crippen MR) is 204 cm³/mol. The Morgan fingerprint density at radius 1 is 0.981 bits per heavy atom. The number of hydrogen-bond donors (Lipinski definition) is 2. The van der Waals surface area contributed by atoms with Crippen LogP contribution < -0.4 is 10.5 Å². The first-order chi connectivity index (χ1) is 25.7. The molecule has 0 bridgehead atoms. The van der Waals surface area contributed by atoms with Crippen LogP contribution in [0.25, 0.3) is 5.52 Å². The highest BCUT2D eigenvalue weighted by Crippen LogP contribution is 2.47. The first kappa shape index (κ1) is 42.6.